The molecule has 1 aliphatic heterocycles. The smallest absolute Gasteiger partial charge is 0.245 e. The minimum Gasteiger partial charge on any atom is -0.338 e. The Balaban J connectivity index is 1.57. The van der Waals surface area contributed by atoms with E-state index in [1.165, 1.54) is 32.1 Å². The van der Waals surface area contributed by atoms with E-state index in [-0.39, 0.29) is 11.9 Å². The second kappa shape index (κ2) is 7.68. The maximum absolute atomic E-state index is 12.9. The number of hydrogen-bond acceptors (Lipinski definition) is 3. The van der Waals surface area contributed by atoms with Crippen molar-refractivity contribution in [3.05, 3.63) is 18.2 Å². The second-order valence-electron chi connectivity index (χ2n) is 7.68. The minimum atomic E-state index is -0.161. The van der Waals surface area contributed by atoms with E-state index in [2.05, 4.69) is 23.7 Å². The Morgan fingerprint density at radius 1 is 1.08 bits per heavy atom. The zero-order valence-corrected chi connectivity index (χ0v) is 15.4. The van der Waals surface area contributed by atoms with Gasteiger partial charge < -0.3 is 9.47 Å². The van der Waals surface area contributed by atoms with Crippen LogP contribution in [0.1, 0.15) is 70.7 Å². The number of hydrogen-bond donors (Lipinski definition) is 0. The Bertz CT molecular complexity index is 539. The molecule has 1 aliphatic carbocycles. The van der Waals surface area contributed by atoms with Crippen LogP contribution in [0.15, 0.2) is 12.4 Å². The molecule has 1 amide bonds. The highest BCUT2D eigenvalue weighted by atomic mass is 16.2. The van der Waals surface area contributed by atoms with Crippen LogP contribution in [0.25, 0.3) is 0 Å². The Morgan fingerprint density at radius 3 is 2.38 bits per heavy atom. The molecule has 0 aromatic carbocycles. The molecule has 24 heavy (non-hydrogen) atoms. The SMILES string of the molecule is CC(C)c1nccn1C(C)C(=O)N1CCN(C2CCCCC2)CC1. The molecule has 1 atom stereocenters. The number of aromatic nitrogens is 2. The van der Waals surface area contributed by atoms with Gasteiger partial charge in [-0.3, -0.25) is 9.69 Å². The first-order valence-electron chi connectivity index (χ1n) is 9.63. The number of amides is 1. The van der Waals surface area contributed by atoms with Crippen molar-refractivity contribution in [3.63, 3.8) is 0 Å². The molecule has 3 rings (SSSR count). The first kappa shape index (κ1) is 17.5. The van der Waals surface area contributed by atoms with E-state index in [0.29, 0.717) is 5.92 Å². The van der Waals surface area contributed by atoms with Crippen molar-refractivity contribution in [2.24, 2.45) is 0 Å². The number of piperazine rings is 1. The Labute approximate surface area is 146 Å². The van der Waals surface area contributed by atoms with Crippen LogP contribution in [0.3, 0.4) is 0 Å². The lowest BCUT2D eigenvalue weighted by atomic mass is 9.94. The molecule has 0 radical (unpaired) electrons. The first-order chi connectivity index (χ1) is 11.6. The van der Waals surface area contributed by atoms with Crippen LogP contribution in [0.5, 0.6) is 0 Å². The predicted molar refractivity (Wildman–Crippen MR) is 96.1 cm³/mol. The molecule has 1 unspecified atom stereocenters. The van der Waals surface area contributed by atoms with Gasteiger partial charge in [0.15, 0.2) is 0 Å². The highest BCUT2D eigenvalue weighted by Crippen LogP contribution is 2.24. The fraction of sp³-hybridized carbons (Fsp3) is 0.789. The number of imidazole rings is 1. The van der Waals surface area contributed by atoms with Gasteiger partial charge in [-0.1, -0.05) is 33.1 Å². The molecule has 5 heteroatoms. The van der Waals surface area contributed by atoms with E-state index >= 15 is 0 Å². The fourth-order valence-electron chi connectivity index (χ4n) is 4.24. The third-order valence-corrected chi connectivity index (χ3v) is 5.71. The van der Waals surface area contributed by atoms with Gasteiger partial charge in [-0.2, -0.15) is 0 Å². The standard InChI is InChI=1S/C19H32N4O/c1-15(2)18-20-9-10-23(18)16(3)19(24)22-13-11-21(12-14-22)17-7-5-4-6-8-17/h9-10,15-17H,4-8,11-14H2,1-3H3. The van der Waals surface area contributed by atoms with E-state index in [4.69, 9.17) is 0 Å². The van der Waals surface area contributed by atoms with Crippen LogP contribution in [-0.4, -0.2) is 57.5 Å². The van der Waals surface area contributed by atoms with Crippen LogP contribution in [-0.2, 0) is 4.79 Å². The van der Waals surface area contributed by atoms with Gasteiger partial charge in [0.25, 0.3) is 0 Å². The molecular weight excluding hydrogens is 300 g/mol. The van der Waals surface area contributed by atoms with E-state index in [0.717, 1.165) is 38.0 Å². The third kappa shape index (κ3) is 3.66. The van der Waals surface area contributed by atoms with Gasteiger partial charge in [-0.05, 0) is 19.8 Å². The van der Waals surface area contributed by atoms with Gasteiger partial charge >= 0.3 is 0 Å². The van der Waals surface area contributed by atoms with Gasteiger partial charge in [0.2, 0.25) is 5.91 Å². The number of carbonyl (C=O) groups excluding carboxylic acids is 1. The summed E-state index contributed by atoms with van der Waals surface area (Å²) in [4.78, 5) is 22.0. The average molecular weight is 332 g/mol. The minimum absolute atomic E-state index is 0.161. The molecule has 2 fully saturated rings. The maximum atomic E-state index is 12.9. The lowest BCUT2D eigenvalue weighted by molar-refractivity contribution is -0.136. The molecule has 2 heterocycles. The summed E-state index contributed by atoms with van der Waals surface area (Å²) in [5.74, 6) is 1.56. The van der Waals surface area contributed by atoms with Gasteiger partial charge in [-0.25, -0.2) is 4.98 Å². The maximum Gasteiger partial charge on any atom is 0.245 e. The van der Waals surface area contributed by atoms with Gasteiger partial charge in [0.05, 0.1) is 0 Å². The number of rotatable bonds is 4. The molecule has 1 aromatic heterocycles. The lowest BCUT2D eigenvalue weighted by Crippen LogP contribution is -2.53. The van der Waals surface area contributed by atoms with Gasteiger partial charge in [0, 0.05) is 50.5 Å². The molecule has 1 aromatic rings. The average Bonchev–Trinajstić information content (AvgIpc) is 3.11. The molecule has 134 valence electrons. The molecule has 1 saturated carbocycles. The monoisotopic (exact) mass is 332 g/mol. The molecule has 0 spiro atoms. The van der Waals surface area contributed by atoms with Crippen LogP contribution in [0.2, 0.25) is 0 Å². The lowest BCUT2D eigenvalue weighted by Gasteiger charge is -2.41. The summed E-state index contributed by atoms with van der Waals surface area (Å²) in [5.41, 5.74) is 0. The molecule has 0 N–H and O–H groups in total. The molecular formula is C19H32N4O. The van der Waals surface area contributed by atoms with E-state index in [1.807, 2.05) is 22.6 Å². The van der Waals surface area contributed by atoms with E-state index in [9.17, 15) is 4.79 Å². The van der Waals surface area contributed by atoms with Crippen molar-refractivity contribution >= 4 is 5.91 Å². The first-order valence-corrected chi connectivity index (χ1v) is 9.63. The van der Waals surface area contributed by atoms with Crippen molar-refractivity contribution in [3.8, 4) is 0 Å². The molecule has 2 aliphatic rings. The summed E-state index contributed by atoms with van der Waals surface area (Å²) in [6.45, 7) is 10.0. The highest BCUT2D eigenvalue weighted by Gasteiger charge is 2.30. The van der Waals surface area contributed by atoms with Crippen molar-refractivity contribution in [1.29, 1.82) is 0 Å². The Morgan fingerprint density at radius 2 is 1.75 bits per heavy atom. The highest BCUT2D eigenvalue weighted by molar-refractivity contribution is 5.80. The molecule has 5 nitrogen and oxygen atoms in total. The van der Waals surface area contributed by atoms with Crippen molar-refractivity contribution in [2.75, 3.05) is 26.2 Å². The number of carbonyl (C=O) groups is 1. The van der Waals surface area contributed by atoms with Gasteiger partial charge in [0.1, 0.15) is 11.9 Å². The Hall–Kier alpha value is -1.36. The van der Waals surface area contributed by atoms with E-state index in [1.54, 1.807) is 6.20 Å². The van der Waals surface area contributed by atoms with Crippen LogP contribution >= 0.6 is 0 Å². The van der Waals surface area contributed by atoms with Crippen LogP contribution < -0.4 is 0 Å². The largest absolute Gasteiger partial charge is 0.338 e. The summed E-state index contributed by atoms with van der Waals surface area (Å²) >= 11 is 0. The zero-order chi connectivity index (χ0) is 17.1. The fourth-order valence-corrected chi connectivity index (χ4v) is 4.24. The van der Waals surface area contributed by atoms with Crippen LogP contribution in [0.4, 0.5) is 0 Å². The van der Waals surface area contributed by atoms with Crippen molar-refractivity contribution in [1.82, 2.24) is 19.4 Å². The topological polar surface area (TPSA) is 41.4 Å². The third-order valence-electron chi connectivity index (χ3n) is 5.71. The second-order valence-corrected chi connectivity index (χ2v) is 7.68. The summed E-state index contributed by atoms with van der Waals surface area (Å²) in [7, 11) is 0. The molecule has 1 saturated heterocycles. The number of nitrogens with zero attached hydrogens (tertiary/aromatic N) is 4. The summed E-state index contributed by atoms with van der Waals surface area (Å²) in [6, 6.07) is 0.598. The van der Waals surface area contributed by atoms with E-state index < -0.39 is 0 Å². The Kier molecular flexibility index (Phi) is 5.59. The summed E-state index contributed by atoms with van der Waals surface area (Å²) in [5, 5.41) is 0. The summed E-state index contributed by atoms with van der Waals surface area (Å²) in [6.07, 6.45) is 10.6. The van der Waals surface area contributed by atoms with Gasteiger partial charge in [-0.15, -0.1) is 0 Å². The summed E-state index contributed by atoms with van der Waals surface area (Å²) < 4.78 is 2.04. The predicted octanol–water partition coefficient (Wildman–Crippen LogP) is 3.04. The van der Waals surface area contributed by atoms with Crippen molar-refractivity contribution < 1.29 is 4.79 Å². The zero-order valence-electron chi connectivity index (χ0n) is 15.4. The quantitative estimate of drug-likeness (QED) is 0.851. The van der Waals surface area contributed by atoms with Crippen LogP contribution in [0, 0.1) is 0 Å². The van der Waals surface area contributed by atoms with Crippen molar-refractivity contribution in [2.45, 2.75) is 70.9 Å². The normalized spacial score (nSPS) is 22.1. The molecule has 0 bridgehead atoms.